The third-order valence-corrected chi connectivity index (χ3v) is 5.96. The van der Waals surface area contributed by atoms with Crippen LogP contribution in [0.5, 0.6) is 0 Å². The third-order valence-electron chi connectivity index (χ3n) is 3.75. The second-order valence-electron chi connectivity index (χ2n) is 6.23. The van der Waals surface area contributed by atoms with E-state index in [1.165, 1.54) is 25.7 Å². The first-order chi connectivity index (χ1) is 9.00. The summed E-state index contributed by atoms with van der Waals surface area (Å²) < 4.78 is 5.42. The number of rotatable bonds is 5. The van der Waals surface area contributed by atoms with E-state index in [2.05, 4.69) is 35.4 Å². The van der Waals surface area contributed by atoms with Crippen LogP contribution in [0.15, 0.2) is 4.34 Å². The Hall–Kier alpha value is -0.130. The molecule has 108 valence electrons. The number of hydrogen-bond acceptors (Lipinski definition) is 5. The monoisotopic (exact) mass is 299 g/mol. The van der Waals surface area contributed by atoms with Crippen LogP contribution in [0, 0.1) is 12.3 Å². The second kappa shape index (κ2) is 6.55. The topological polar surface area (TPSA) is 37.8 Å². The van der Waals surface area contributed by atoms with Crippen LogP contribution in [-0.2, 0) is 0 Å². The predicted octanol–water partition coefficient (Wildman–Crippen LogP) is 3.89. The molecule has 2 unspecified atom stereocenters. The van der Waals surface area contributed by atoms with Gasteiger partial charge in [-0.3, -0.25) is 0 Å². The van der Waals surface area contributed by atoms with Gasteiger partial charge in [-0.05, 0) is 56.1 Å². The molecular formula is C14H25N3S2. The molecule has 1 fully saturated rings. The molecule has 0 spiro atoms. The van der Waals surface area contributed by atoms with Crippen LogP contribution in [0.4, 0.5) is 0 Å². The van der Waals surface area contributed by atoms with E-state index < -0.39 is 0 Å². The van der Waals surface area contributed by atoms with Crippen molar-refractivity contribution in [3.8, 4) is 0 Å². The maximum atomic E-state index is 4.51. The third kappa shape index (κ3) is 4.43. The highest BCUT2D eigenvalue weighted by atomic mass is 32.2. The lowest BCUT2D eigenvalue weighted by molar-refractivity contribution is 0.214. The molecule has 5 heteroatoms. The molecule has 3 nitrogen and oxygen atoms in total. The average Bonchev–Trinajstić information content (AvgIpc) is 2.73. The minimum atomic E-state index is 0.460. The molecule has 1 aromatic heterocycles. The van der Waals surface area contributed by atoms with Crippen LogP contribution in [0.2, 0.25) is 0 Å². The van der Waals surface area contributed by atoms with Crippen LogP contribution in [-0.4, -0.2) is 27.2 Å². The number of aromatic nitrogens is 2. The highest BCUT2D eigenvalue weighted by Crippen LogP contribution is 2.42. The van der Waals surface area contributed by atoms with E-state index in [1.807, 2.05) is 18.7 Å². The van der Waals surface area contributed by atoms with Gasteiger partial charge in [0.15, 0.2) is 4.34 Å². The van der Waals surface area contributed by atoms with Gasteiger partial charge in [0.1, 0.15) is 5.82 Å². The van der Waals surface area contributed by atoms with Crippen LogP contribution in [0.3, 0.4) is 0 Å². The first-order valence-corrected chi connectivity index (χ1v) is 8.86. The van der Waals surface area contributed by atoms with E-state index in [1.54, 1.807) is 11.5 Å². The molecule has 0 bridgehead atoms. The van der Waals surface area contributed by atoms with E-state index in [-0.39, 0.29) is 0 Å². The SMILES string of the molecule is CCCNC1CCC(C)(C)CC1Sc1nc(C)ns1. The molecule has 1 aliphatic rings. The van der Waals surface area contributed by atoms with Crippen molar-refractivity contribution in [2.24, 2.45) is 5.41 Å². The quantitative estimate of drug-likeness (QED) is 0.895. The number of nitrogens with one attached hydrogen (secondary N) is 1. The molecule has 0 amide bonds. The van der Waals surface area contributed by atoms with Crippen LogP contribution in [0.1, 0.15) is 52.3 Å². The summed E-state index contributed by atoms with van der Waals surface area (Å²) in [5.41, 5.74) is 0.460. The fourth-order valence-electron chi connectivity index (χ4n) is 2.66. The normalized spacial score (nSPS) is 26.5. The van der Waals surface area contributed by atoms with Crippen molar-refractivity contribution in [3.05, 3.63) is 5.82 Å². The number of aryl methyl sites for hydroxylation is 1. The first kappa shape index (κ1) is 15.3. The van der Waals surface area contributed by atoms with Gasteiger partial charge in [0, 0.05) is 11.3 Å². The Morgan fingerprint density at radius 2 is 2.26 bits per heavy atom. The van der Waals surface area contributed by atoms with Crippen molar-refractivity contribution in [3.63, 3.8) is 0 Å². The Morgan fingerprint density at radius 3 is 2.89 bits per heavy atom. The van der Waals surface area contributed by atoms with Gasteiger partial charge in [-0.15, -0.1) is 0 Å². The number of thioether (sulfide) groups is 1. The van der Waals surface area contributed by atoms with Crippen molar-refractivity contribution in [2.45, 2.75) is 69.0 Å². The Morgan fingerprint density at radius 1 is 1.47 bits per heavy atom. The van der Waals surface area contributed by atoms with Crippen LogP contribution < -0.4 is 5.32 Å². The Bertz CT molecular complexity index is 403. The van der Waals surface area contributed by atoms with E-state index in [0.29, 0.717) is 16.7 Å². The van der Waals surface area contributed by atoms with E-state index in [4.69, 9.17) is 0 Å². The fraction of sp³-hybridized carbons (Fsp3) is 0.857. The van der Waals surface area contributed by atoms with Crippen molar-refractivity contribution in [1.29, 1.82) is 0 Å². The van der Waals surface area contributed by atoms with Crippen LogP contribution >= 0.6 is 23.3 Å². The maximum absolute atomic E-state index is 4.51. The van der Waals surface area contributed by atoms with Crippen molar-refractivity contribution >= 4 is 23.3 Å². The zero-order chi connectivity index (χ0) is 13.9. The molecule has 1 aromatic rings. The van der Waals surface area contributed by atoms with Crippen molar-refractivity contribution < 1.29 is 0 Å². The molecule has 0 aromatic carbocycles. The van der Waals surface area contributed by atoms with Crippen LogP contribution in [0.25, 0.3) is 0 Å². The highest BCUT2D eigenvalue weighted by Gasteiger charge is 2.35. The van der Waals surface area contributed by atoms with Gasteiger partial charge in [-0.1, -0.05) is 32.5 Å². The summed E-state index contributed by atoms with van der Waals surface area (Å²) in [6.07, 6.45) is 5.07. The fourth-order valence-corrected chi connectivity index (χ4v) is 5.12. The summed E-state index contributed by atoms with van der Waals surface area (Å²) in [4.78, 5) is 4.51. The van der Waals surface area contributed by atoms with Gasteiger partial charge in [0.05, 0.1) is 0 Å². The lowest BCUT2D eigenvalue weighted by Crippen LogP contribution is -2.45. The molecular weight excluding hydrogens is 274 g/mol. The molecule has 1 N–H and O–H groups in total. The minimum Gasteiger partial charge on any atom is -0.313 e. The molecule has 1 aliphatic carbocycles. The number of nitrogens with zero attached hydrogens (tertiary/aromatic N) is 2. The zero-order valence-corrected chi connectivity index (χ0v) is 14.0. The van der Waals surface area contributed by atoms with E-state index >= 15 is 0 Å². The smallest absolute Gasteiger partial charge is 0.170 e. The molecule has 1 heterocycles. The standard InChI is InChI=1S/C14H25N3S2/c1-5-8-15-11-6-7-14(3,4)9-12(11)18-13-16-10(2)17-19-13/h11-12,15H,5-9H2,1-4H3. The lowest BCUT2D eigenvalue weighted by Gasteiger charge is -2.40. The van der Waals surface area contributed by atoms with E-state index in [9.17, 15) is 0 Å². The molecule has 0 radical (unpaired) electrons. The first-order valence-electron chi connectivity index (χ1n) is 7.20. The summed E-state index contributed by atoms with van der Waals surface area (Å²) in [5.74, 6) is 0.903. The molecule has 2 rings (SSSR count). The summed E-state index contributed by atoms with van der Waals surface area (Å²) in [7, 11) is 0. The van der Waals surface area contributed by atoms with Crippen molar-refractivity contribution in [2.75, 3.05) is 6.54 Å². The largest absolute Gasteiger partial charge is 0.313 e. The van der Waals surface area contributed by atoms with Gasteiger partial charge in [-0.25, -0.2) is 4.98 Å². The summed E-state index contributed by atoms with van der Waals surface area (Å²) >= 11 is 3.47. The Kier molecular flexibility index (Phi) is 5.26. The van der Waals surface area contributed by atoms with Gasteiger partial charge in [-0.2, -0.15) is 4.37 Å². The van der Waals surface area contributed by atoms with Gasteiger partial charge in [0.25, 0.3) is 0 Å². The van der Waals surface area contributed by atoms with Gasteiger partial charge >= 0.3 is 0 Å². The maximum Gasteiger partial charge on any atom is 0.170 e. The second-order valence-corrected chi connectivity index (χ2v) is 8.47. The Labute approximate surface area is 125 Å². The molecule has 2 atom stereocenters. The molecule has 1 saturated carbocycles. The van der Waals surface area contributed by atoms with E-state index in [0.717, 1.165) is 16.7 Å². The predicted molar refractivity (Wildman–Crippen MR) is 84.0 cm³/mol. The molecule has 0 aliphatic heterocycles. The summed E-state index contributed by atoms with van der Waals surface area (Å²) in [6.45, 7) is 10.1. The average molecular weight is 300 g/mol. The number of hydrogen-bond donors (Lipinski definition) is 1. The summed E-state index contributed by atoms with van der Waals surface area (Å²) in [6, 6.07) is 0.627. The molecule has 0 saturated heterocycles. The highest BCUT2D eigenvalue weighted by molar-refractivity contribution is 8.01. The van der Waals surface area contributed by atoms with Gasteiger partial charge < -0.3 is 5.32 Å². The lowest BCUT2D eigenvalue weighted by atomic mass is 9.75. The Balaban J connectivity index is 2.02. The van der Waals surface area contributed by atoms with Crippen molar-refractivity contribution in [1.82, 2.24) is 14.7 Å². The minimum absolute atomic E-state index is 0.460. The summed E-state index contributed by atoms with van der Waals surface area (Å²) in [5, 5.41) is 4.35. The zero-order valence-electron chi connectivity index (χ0n) is 12.4. The molecule has 19 heavy (non-hydrogen) atoms. The van der Waals surface area contributed by atoms with Gasteiger partial charge in [0.2, 0.25) is 0 Å².